The summed E-state index contributed by atoms with van der Waals surface area (Å²) in [7, 11) is 0. The Morgan fingerprint density at radius 2 is 2.07 bits per heavy atom. The lowest BCUT2D eigenvalue weighted by atomic mass is 10.3. The standard InChI is InChI=1S/C8H4BrCl2N3/c9-7-5(10)2-1-3-6(7)14-4-12-13-8(14)11/h1-4H. The second kappa shape index (κ2) is 3.88. The summed E-state index contributed by atoms with van der Waals surface area (Å²) < 4.78 is 2.40. The molecule has 0 radical (unpaired) electrons. The fourth-order valence-electron chi connectivity index (χ4n) is 1.06. The topological polar surface area (TPSA) is 30.7 Å². The van der Waals surface area contributed by atoms with Gasteiger partial charge in [0.25, 0.3) is 0 Å². The lowest BCUT2D eigenvalue weighted by Crippen LogP contribution is -1.93. The van der Waals surface area contributed by atoms with Crippen LogP contribution in [0.2, 0.25) is 10.3 Å². The van der Waals surface area contributed by atoms with E-state index < -0.39 is 0 Å². The first-order chi connectivity index (χ1) is 6.70. The van der Waals surface area contributed by atoms with Gasteiger partial charge in [0, 0.05) is 0 Å². The molecule has 0 aliphatic carbocycles. The number of benzene rings is 1. The Kier molecular flexibility index (Phi) is 2.76. The minimum atomic E-state index is 0.299. The predicted molar refractivity (Wildman–Crippen MR) is 59.1 cm³/mol. The van der Waals surface area contributed by atoms with Crippen molar-refractivity contribution >= 4 is 39.1 Å². The molecule has 2 aromatic rings. The largest absolute Gasteiger partial charge is 0.271 e. The summed E-state index contributed by atoms with van der Waals surface area (Å²) in [4.78, 5) is 0. The number of hydrogen-bond acceptors (Lipinski definition) is 2. The Bertz CT molecular complexity index is 469. The molecular formula is C8H4BrCl2N3. The van der Waals surface area contributed by atoms with Crippen molar-refractivity contribution in [2.75, 3.05) is 0 Å². The summed E-state index contributed by atoms with van der Waals surface area (Å²) in [5.41, 5.74) is 0.813. The number of aromatic nitrogens is 3. The second-order valence-electron chi connectivity index (χ2n) is 2.54. The molecule has 1 heterocycles. The first kappa shape index (κ1) is 9.96. The quantitative estimate of drug-likeness (QED) is 0.807. The molecule has 0 atom stereocenters. The summed E-state index contributed by atoms with van der Waals surface area (Å²) in [5.74, 6) is 0. The third-order valence-corrected chi connectivity index (χ3v) is 3.33. The molecule has 0 spiro atoms. The zero-order valence-electron chi connectivity index (χ0n) is 6.78. The van der Waals surface area contributed by atoms with Crippen molar-refractivity contribution in [2.24, 2.45) is 0 Å². The number of hydrogen-bond donors (Lipinski definition) is 0. The van der Waals surface area contributed by atoms with E-state index in [9.17, 15) is 0 Å². The van der Waals surface area contributed by atoms with Crippen molar-refractivity contribution < 1.29 is 0 Å². The molecule has 72 valence electrons. The Labute approximate surface area is 98.8 Å². The van der Waals surface area contributed by atoms with Gasteiger partial charge >= 0.3 is 0 Å². The highest BCUT2D eigenvalue weighted by molar-refractivity contribution is 9.10. The molecule has 0 N–H and O–H groups in total. The summed E-state index contributed by atoms with van der Waals surface area (Å²) in [6.45, 7) is 0. The minimum Gasteiger partial charge on any atom is -0.271 e. The third-order valence-electron chi connectivity index (χ3n) is 1.70. The van der Waals surface area contributed by atoms with Crippen molar-refractivity contribution in [3.8, 4) is 5.69 Å². The van der Waals surface area contributed by atoms with Crippen LogP contribution in [0.1, 0.15) is 0 Å². The normalized spacial score (nSPS) is 10.5. The predicted octanol–water partition coefficient (Wildman–Crippen LogP) is 3.34. The average Bonchev–Trinajstić information content (AvgIpc) is 2.57. The highest BCUT2D eigenvalue weighted by atomic mass is 79.9. The Morgan fingerprint density at radius 3 is 2.71 bits per heavy atom. The van der Waals surface area contributed by atoms with Crippen LogP contribution in [0.3, 0.4) is 0 Å². The molecule has 6 heteroatoms. The lowest BCUT2D eigenvalue weighted by molar-refractivity contribution is 1.05. The van der Waals surface area contributed by atoms with Gasteiger partial charge in [-0.3, -0.25) is 4.57 Å². The van der Waals surface area contributed by atoms with E-state index in [2.05, 4.69) is 26.1 Å². The van der Waals surface area contributed by atoms with Crippen LogP contribution in [-0.4, -0.2) is 14.8 Å². The van der Waals surface area contributed by atoms with Crippen LogP contribution in [0.5, 0.6) is 0 Å². The molecule has 0 unspecified atom stereocenters. The molecular weight excluding hydrogens is 289 g/mol. The molecule has 14 heavy (non-hydrogen) atoms. The van der Waals surface area contributed by atoms with E-state index >= 15 is 0 Å². The zero-order valence-corrected chi connectivity index (χ0v) is 9.88. The molecule has 1 aromatic heterocycles. The van der Waals surface area contributed by atoms with E-state index in [1.54, 1.807) is 10.6 Å². The molecule has 1 aromatic carbocycles. The maximum atomic E-state index is 5.94. The molecule has 0 amide bonds. The molecule has 3 nitrogen and oxygen atoms in total. The van der Waals surface area contributed by atoms with Crippen molar-refractivity contribution in [3.63, 3.8) is 0 Å². The summed E-state index contributed by atoms with van der Waals surface area (Å²) >= 11 is 15.1. The van der Waals surface area contributed by atoms with Crippen molar-refractivity contribution in [1.82, 2.24) is 14.8 Å². The number of halogens is 3. The van der Waals surface area contributed by atoms with Crippen molar-refractivity contribution in [2.45, 2.75) is 0 Å². The average molecular weight is 293 g/mol. The minimum absolute atomic E-state index is 0.299. The van der Waals surface area contributed by atoms with Gasteiger partial charge in [-0.15, -0.1) is 10.2 Å². The van der Waals surface area contributed by atoms with Gasteiger partial charge in [-0.25, -0.2) is 0 Å². The molecule has 0 aliphatic rings. The summed E-state index contributed by atoms with van der Waals surface area (Å²) in [5, 5.41) is 8.28. The van der Waals surface area contributed by atoms with E-state index in [4.69, 9.17) is 23.2 Å². The smallest absolute Gasteiger partial charge is 0.229 e. The van der Waals surface area contributed by atoms with E-state index in [1.807, 2.05) is 12.1 Å². The molecule has 0 bridgehead atoms. The second-order valence-corrected chi connectivity index (χ2v) is 4.08. The summed E-state index contributed by atoms with van der Waals surface area (Å²) in [6.07, 6.45) is 1.53. The maximum Gasteiger partial charge on any atom is 0.229 e. The van der Waals surface area contributed by atoms with Crippen LogP contribution in [0, 0.1) is 0 Å². The van der Waals surface area contributed by atoms with Crippen LogP contribution in [-0.2, 0) is 0 Å². The Morgan fingerprint density at radius 1 is 1.29 bits per heavy atom. The lowest BCUT2D eigenvalue weighted by Gasteiger charge is -2.06. The first-order valence-corrected chi connectivity index (χ1v) is 5.25. The van der Waals surface area contributed by atoms with E-state index in [0.29, 0.717) is 10.3 Å². The third kappa shape index (κ3) is 1.65. The fourth-order valence-corrected chi connectivity index (χ4v) is 1.86. The highest BCUT2D eigenvalue weighted by Crippen LogP contribution is 2.29. The number of nitrogens with zero attached hydrogens (tertiary/aromatic N) is 3. The molecule has 0 fully saturated rings. The van der Waals surface area contributed by atoms with Gasteiger partial charge in [-0.1, -0.05) is 17.7 Å². The SMILES string of the molecule is Clc1cccc(-n2cnnc2Cl)c1Br. The highest BCUT2D eigenvalue weighted by Gasteiger charge is 2.08. The molecule has 0 saturated heterocycles. The van der Waals surface area contributed by atoms with Crippen LogP contribution in [0.25, 0.3) is 5.69 Å². The monoisotopic (exact) mass is 291 g/mol. The Hall–Kier alpha value is -0.580. The van der Waals surface area contributed by atoms with Gasteiger partial charge in [0.05, 0.1) is 15.2 Å². The van der Waals surface area contributed by atoms with Crippen LogP contribution < -0.4 is 0 Å². The van der Waals surface area contributed by atoms with Crippen LogP contribution >= 0.6 is 39.1 Å². The van der Waals surface area contributed by atoms with E-state index in [1.165, 1.54) is 6.33 Å². The molecule has 2 rings (SSSR count). The fraction of sp³-hybridized carbons (Fsp3) is 0. The van der Waals surface area contributed by atoms with Gasteiger partial charge in [0.2, 0.25) is 5.28 Å². The van der Waals surface area contributed by atoms with Gasteiger partial charge in [0.1, 0.15) is 6.33 Å². The van der Waals surface area contributed by atoms with E-state index in [0.717, 1.165) is 10.2 Å². The van der Waals surface area contributed by atoms with Crippen molar-refractivity contribution in [1.29, 1.82) is 0 Å². The maximum absolute atomic E-state index is 5.94. The van der Waals surface area contributed by atoms with Gasteiger partial charge < -0.3 is 0 Å². The molecule has 0 saturated carbocycles. The van der Waals surface area contributed by atoms with E-state index in [-0.39, 0.29) is 0 Å². The zero-order chi connectivity index (χ0) is 10.1. The van der Waals surface area contributed by atoms with Crippen LogP contribution in [0.15, 0.2) is 29.0 Å². The Balaban J connectivity index is 2.63. The van der Waals surface area contributed by atoms with Gasteiger partial charge in [-0.2, -0.15) is 0 Å². The molecule has 0 aliphatic heterocycles. The summed E-state index contributed by atoms with van der Waals surface area (Å²) in [6, 6.07) is 5.48. The first-order valence-electron chi connectivity index (χ1n) is 3.70. The van der Waals surface area contributed by atoms with Gasteiger partial charge in [0.15, 0.2) is 0 Å². The van der Waals surface area contributed by atoms with Crippen LogP contribution in [0.4, 0.5) is 0 Å². The van der Waals surface area contributed by atoms with Gasteiger partial charge in [-0.05, 0) is 39.7 Å². The van der Waals surface area contributed by atoms with Crippen molar-refractivity contribution in [3.05, 3.63) is 39.3 Å². The number of rotatable bonds is 1.